The van der Waals surface area contributed by atoms with Crippen LogP contribution >= 0.6 is 0 Å². The minimum atomic E-state index is -4.47. The number of hydrogen-bond acceptors (Lipinski definition) is 4. The van der Waals surface area contributed by atoms with Gasteiger partial charge in [-0.1, -0.05) is 0 Å². The van der Waals surface area contributed by atoms with Crippen LogP contribution in [0.5, 0.6) is 0 Å². The van der Waals surface area contributed by atoms with Crippen molar-refractivity contribution in [2.24, 2.45) is 0 Å². The van der Waals surface area contributed by atoms with Crippen LogP contribution in [-0.4, -0.2) is 0 Å². The summed E-state index contributed by atoms with van der Waals surface area (Å²) in [5.41, 5.74) is 0. The third-order valence-corrected chi connectivity index (χ3v) is 0. The summed E-state index contributed by atoms with van der Waals surface area (Å²) >= 11 is -3.58. The van der Waals surface area contributed by atoms with Gasteiger partial charge >= 0.3 is 76.1 Å². The Labute approximate surface area is 74.0 Å². The molecule has 0 aromatic carbocycles. The van der Waals surface area contributed by atoms with Gasteiger partial charge < -0.3 is 0 Å². The van der Waals surface area contributed by atoms with Gasteiger partial charge in [0.2, 0.25) is 0 Å². The maximum absolute atomic E-state index is 8.64. The van der Waals surface area contributed by atoms with Crippen LogP contribution in [-0.2, 0) is 4.36 Å². The summed E-state index contributed by atoms with van der Waals surface area (Å²) < 4.78 is 34.1. The van der Waals surface area contributed by atoms with Crippen LogP contribution < -0.4 is 0 Å². The fraction of sp³-hybridized carbons (Fsp3) is 0. The Morgan fingerprint density at radius 1 is 1.00 bits per heavy atom. The molecule has 0 fully saturated rings. The van der Waals surface area contributed by atoms with Gasteiger partial charge in [-0.15, -0.1) is 0 Å². The van der Waals surface area contributed by atoms with Crippen molar-refractivity contribution in [1.82, 2.24) is 0 Å². The molecule has 0 radical (unpaired) electrons. The third-order valence-electron chi connectivity index (χ3n) is 0. The Morgan fingerprint density at radius 2 is 1.00 bits per heavy atom. The van der Waals surface area contributed by atoms with Crippen LogP contribution in [0.25, 0.3) is 0 Å². The summed E-state index contributed by atoms with van der Waals surface area (Å²) in [5.74, 6) is 0. The molecule has 0 rings (SSSR count). The molecule has 0 spiro atoms. The van der Waals surface area contributed by atoms with Gasteiger partial charge in [-0.3, -0.25) is 0 Å². The van der Waals surface area contributed by atoms with Gasteiger partial charge in [0.05, 0.1) is 0 Å². The zero-order valence-corrected chi connectivity index (χ0v) is 8.26. The Morgan fingerprint density at radius 3 is 1.00 bits per heavy atom. The normalized spacial score (nSPS) is 3.50. The molecular formula is DyO4Pr. The first kappa shape index (κ1) is 10.8. The third kappa shape index (κ3) is 40.5. The monoisotopic (exact) mass is 369 g/mol. The Kier molecular flexibility index (Phi) is 17.8. The van der Waals surface area contributed by atoms with E-state index in [-0.39, 0.29) is 0 Å². The molecule has 4 nitrogen and oxygen atoms in total. The van der Waals surface area contributed by atoms with E-state index >= 15 is 0 Å². The van der Waals surface area contributed by atoms with E-state index in [0.29, 0.717) is 0 Å². The molecule has 0 N–H and O–H groups in total. The zero-order chi connectivity index (χ0) is 5.58. The molecule has 0 saturated carbocycles. The van der Waals surface area contributed by atoms with Crippen LogP contribution in [0, 0.1) is 71.7 Å². The average Bonchev–Trinajstić information content (AvgIpc) is 1.41. The summed E-state index contributed by atoms with van der Waals surface area (Å²) in [6.45, 7) is 0. The molecule has 37 valence electrons. The van der Waals surface area contributed by atoms with E-state index in [9.17, 15) is 0 Å². The first-order valence-electron chi connectivity index (χ1n) is 0.836. The van der Waals surface area contributed by atoms with E-state index in [4.69, 9.17) is 4.36 Å². The molecule has 0 saturated heterocycles. The van der Waals surface area contributed by atoms with Crippen molar-refractivity contribution in [3.63, 3.8) is 0 Å². The van der Waals surface area contributed by atoms with Crippen LogP contribution in [0.3, 0.4) is 0 Å². The van der Waals surface area contributed by atoms with E-state index in [1.165, 1.54) is 0 Å². The second-order valence-electron chi connectivity index (χ2n) is 0.289. The van der Waals surface area contributed by atoms with Crippen LogP contribution in [0.15, 0.2) is 0 Å². The summed E-state index contributed by atoms with van der Waals surface area (Å²) in [6.07, 6.45) is 0. The fourth-order valence-electron chi connectivity index (χ4n) is 0. The maximum atomic E-state index is 8.64. The van der Waals surface area contributed by atoms with Crippen molar-refractivity contribution >= 4 is 0 Å². The van der Waals surface area contributed by atoms with Gasteiger partial charge in [0.25, 0.3) is 0 Å². The van der Waals surface area contributed by atoms with E-state index in [0.717, 1.165) is 36.3 Å². The van der Waals surface area contributed by atoms with E-state index in [1.54, 1.807) is 0 Å². The summed E-state index contributed by atoms with van der Waals surface area (Å²) in [7, 11) is 0. The van der Waals surface area contributed by atoms with Gasteiger partial charge in [-0.2, -0.15) is 0 Å². The van der Waals surface area contributed by atoms with Crippen molar-refractivity contribution in [3.8, 4) is 0 Å². The van der Waals surface area contributed by atoms with Crippen LogP contribution in [0.2, 0.25) is 0 Å². The summed E-state index contributed by atoms with van der Waals surface area (Å²) in [4.78, 5) is 0. The van der Waals surface area contributed by atoms with Gasteiger partial charge in [0.15, 0.2) is 0 Å². The van der Waals surface area contributed by atoms with Gasteiger partial charge in [0.1, 0.15) is 0 Å². The molecule has 0 heterocycles. The molecule has 6 heteroatoms. The molecule has 0 aliphatic heterocycles. The fourth-order valence-corrected chi connectivity index (χ4v) is 0. The minimum absolute atomic E-state index is 0.889. The van der Waals surface area contributed by atoms with Gasteiger partial charge in [-0.25, -0.2) is 0 Å². The Balaban J connectivity index is 0. The molecule has 0 amide bonds. The summed E-state index contributed by atoms with van der Waals surface area (Å²) in [6, 6.07) is 0. The second kappa shape index (κ2) is 9.96. The molecule has 0 unspecified atom stereocenters. The van der Waals surface area contributed by atoms with Crippen molar-refractivity contribution < 1.29 is 76.1 Å². The number of hydrogen-bond donors (Lipinski definition) is 0. The average molecular weight is 367 g/mol. The second-order valence-corrected chi connectivity index (χ2v) is 2.14. The van der Waals surface area contributed by atoms with Gasteiger partial charge in [-0.05, 0) is 0 Å². The van der Waals surface area contributed by atoms with E-state index in [1.807, 2.05) is 0 Å². The van der Waals surface area contributed by atoms with Crippen LogP contribution in [0.1, 0.15) is 0 Å². The first-order valence-corrected chi connectivity index (χ1v) is 6.20. The predicted molar refractivity (Wildman–Crippen MR) is 2.75 cm³/mol. The number of rotatable bonds is 0. The first-order chi connectivity index (χ1) is 2.73. The van der Waals surface area contributed by atoms with E-state index < -0.39 is 35.4 Å². The van der Waals surface area contributed by atoms with E-state index in [2.05, 4.69) is 0 Å². The Hall–Kier alpha value is 1.84. The van der Waals surface area contributed by atoms with Gasteiger partial charge in [0, 0.05) is 0 Å². The van der Waals surface area contributed by atoms with Crippen molar-refractivity contribution in [2.45, 2.75) is 0 Å². The van der Waals surface area contributed by atoms with Crippen molar-refractivity contribution in [2.75, 3.05) is 0 Å². The molecule has 0 aliphatic carbocycles. The standard InChI is InChI=1S/Dy.4O.Pr. The molecule has 0 aliphatic rings. The molecule has 0 aromatic heterocycles. The van der Waals surface area contributed by atoms with Crippen LogP contribution in [0.4, 0.5) is 0 Å². The SMILES string of the molecule is [O]=[Dy].[O]=[Pr](=[O])=[O]. The molecule has 0 aromatic rings. The Bertz CT molecular complexity index is 87.7. The predicted octanol–water partition coefficient (Wildman–Crippen LogP) is -0.475. The zero-order valence-electron chi connectivity index (χ0n) is 2.53. The molecule has 6 heavy (non-hydrogen) atoms. The molecule has 0 atom stereocenters. The van der Waals surface area contributed by atoms with Crippen molar-refractivity contribution in [3.05, 3.63) is 0 Å². The topological polar surface area (TPSA) is 68.3 Å². The summed E-state index contributed by atoms with van der Waals surface area (Å²) in [5, 5.41) is 0. The molecule has 0 bridgehead atoms. The van der Waals surface area contributed by atoms with Crippen molar-refractivity contribution in [1.29, 1.82) is 0 Å². The molecular weight excluding hydrogens is 367 g/mol. The quantitative estimate of drug-likeness (QED) is 0.580.